The average Bonchev–Trinajstić information content (AvgIpc) is 3.16. The van der Waals surface area contributed by atoms with Crippen LogP contribution in [0, 0.1) is 6.92 Å². The van der Waals surface area contributed by atoms with Gasteiger partial charge < -0.3 is 19.1 Å². The molecule has 1 fully saturated rings. The fourth-order valence-electron chi connectivity index (χ4n) is 3.79. The van der Waals surface area contributed by atoms with E-state index in [4.69, 9.17) is 4.74 Å². The molecule has 1 amide bonds. The smallest absolute Gasteiger partial charge is 0.291 e. The van der Waals surface area contributed by atoms with Crippen molar-refractivity contribution in [3.63, 3.8) is 0 Å². The second-order valence-corrected chi connectivity index (χ2v) is 7.01. The minimum absolute atomic E-state index is 0.0535. The van der Waals surface area contributed by atoms with Gasteiger partial charge in [-0.05, 0) is 25.5 Å². The first-order chi connectivity index (χ1) is 12.7. The van der Waals surface area contributed by atoms with Gasteiger partial charge in [0.15, 0.2) is 0 Å². The molecular weight excluding hydrogens is 328 g/mol. The van der Waals surface area contributed by atoms with Gasteiger partial charge in [0.05, 0.1) is 31.3 Å². The third kappa shape index (κ3) is 2.98. The van der Waals surface area contributed by atoms with E-state index >= 15 is 0 Å². The molecule has 1 aromatic heterocycles. The predicted molar refractivity (Wildman–Crippen MR) is 101 cm³/mol. The van der Waals surface area contributed by atoms with E-state index in [9.17, 15) is 4.79 Å². The van der Waals surface area contributed by atoms with Crippen LogP contribution in [0.2, 0.25) is 0 Å². The standard InChI is InChI=1S/C20H26N4O2/c1-3-4-9-23-14-24-18(15(2)21-19(24)20(23)25)16-5-7-17(8-6-16)22-10-12-26-13-11-22/h5-8H,3-4,9-14H2,1-2H3. The van der Waals surface area contributed by atoms with E-state index in [1.165, 1.54) is 5.69 Å². The summed E-state index contributed by atoms with van der Waals surface area (Å²) in [5, 5.41) is 0. The molecule has 6 nitrogen and oxygen atoms in total. The Hall–Kier alpha value is -2.34. The third-order valence-corrected chi connectivity index (χ3v) is 5.23. The van der Waals surface area contributed by atoms with E-state index in [1.807, 2.05) is 11.8 Å². The number of rotatable bonds is 5. The Kier molecular flexibility index (Phi) is 4.68. The fourth-order valence-corrected chi connectivity index (χ4v) is 3.79. The maximum atomic E-state index is 12.6. The van der Waals surface area contributed by atoms with E-state index in [1.54, 1.807) is 0 Å². The molecule has 2 aliphatic heterocycles. The fraction of sp³-hybridized carbons (Fsp3) is 0.500. The molecule has 6 heteroatoms. The van der Waals surface area contributed by atoms with Crippen molar-refractivity contribution in [2.24, 2.45) is 0 Å². The van der Waals surface area contributed by atoms with Gasteiger partial charge in [0.1, 0.15) is 0 Å². The summed E-state index contributed by atoms with van der Waals surface area (Å²) in [7, 11) is 0. The van der Waals surface area contributed by atoms with Gasteiger partial charge in [-0.25, -0.2) is 4.98 Å². The molecule has 0 unspecified atom stereocenters. The number of morpholine rings is 1. The van der Waals surface area contributed by atoms with Crippen molar-refractivity contribution in [1.29, 1.82) is 0 Å². The molecule has 4 rings (SSSR count). The zero-order valence-corrected chi connectivity index (χ0v) is 15.6. The summed E-state index contributed by atoms with van der Waals surface area (Å²) in [5.41, 5.74) is 4.31. The van der Waals surface area contributed by atoms with E-state index < -0.39 is 0 Å². The van der Waals surface area contributed by atoms with Gasteiger partial charge in [0.2, 0.25) is 5.82 Å². The number of fused-ring (bicyclic) bond motifs is 1. The number of unbranched alkanes of at least 4 members (excludes halogenated alkanes) is 1. The highest BCUT2D eigenvalue weighted by molar-refractivity contribution is 5.94. The van der Waals surface area contributed by atoms with Crippen LogP contribution >= 0.6 is 0 Å². The number of aryl methyl sites for hydroxylation is 1. The van der Waals surface area contributed by atoms with Crippen molar-refractivity contribution < 1.29 is 9.53 Å². The molecule has 3 heterocycles. The summed E-state index contributed by atoms with van der Waals surface area (Å²) in [6.45, 7) is 8.97. The lowest BCUT2D eigenvalue weighted by Gasteiger charge is -2.29. The Morgan fingerprint density at radius 2 is 1.88 bits per heavy atom. The summed E-state index contributed by atoms with van der Waals surface area (Å²) in [4.78, 5) is 21.4. The number of imidazole rings is 1. The highest BCUT2D eigenvalue weighted by Gasteiger charge is 2.32. The lowest BCUT2D eigenvalue weighted by Crippen LogP contribution is -2.36. The van der Waals surface area contributed by atoms with Crippen molar-refractivity contribution in [2.75, 3.05) is 37.7 Å². The second kappa shape index (κ2) is 7.11. The van der Waals surface area contributed by atoms with Crippen molar-refractivity contribution in [1.82, 2.24) is 14.5 Å². The first-order valence-corrected chi connectivity index (χ1v) is 9.48. The number of ether oxygens (including phenoxy) is 1. The number of hydrogen-bond acceptors (Lipinski definition) is 4. The summed E-state index contributed by atoms with van der Waals surface area (Å²) in [6.07, 6.45) is 2.11. The predicted octanol–water partition coefficient (Wildman–Crippen LogP) is 2.91. The average molecular weight is 354 g/mol. The molecule has 0 spiro atoms. The Labute approximate surface area is 154 Å². The monoisotopic (exact) mass is 354 g/mol. The van der Waals surface area contributed by atoms with Crippen LogP contribution in [0.3, 0.4) is 0 Å². The number of hydrogen-bond donors (Lipinski definition) is 0. The Morgan fingerprint density at radius 3 is 2.58 bits per heavy atom. The van der Waals surface area contributed by atoms with Gasteiger partial charge in [0, 0.05) is 30.9 Å². The Bertz CT molecular complexity index is 791. The van der Waals surface area contributed by atoms with Crippen molar-refractivity contribution in [3.8, 4) is 11.3 Å². The van der Waals surface area contributed by atoms with E-state index in [0.29, 0.717) is 12.5 Å². The van der Waals surface area contributed by atoms with Crippen LogP contribution in [0.4, 0.5) is 5.69 Å². The van der Waals surface area contributed by atoms with Gasteiger partial charge in [-0.1, -0.05) is 25.5 Å². The van der Waals surface area contributed by atoms with Gasteiger partial charge >= 0.3 is 0 Å². The van der Waals surface area contributed by atoms with E-state index in [0.717, 1.165) is 62.6 Å². The quantitative estimate of drug-likeness (QED) is 0.828. The maximum Gasteiger partial charge on any atom is 0.291 e. The van der Waals surface area contributed by atoms with Crippen LogP contribution in [0.15, 0.2) is 24.3 Å². The zero-order chi connectivity index (χ0) is 18.1. The lowest BCUT2D eigenvalue weighted by molar-refractivity contribution is 0.0763. The van der Waals surface area contributed by atoms with Gasteiger partial charge in [-0.3, -0.25) is 4.79 Å². The van der Waals surface area contributed by atoms with Crippen LogP contribution in [0.25, 0.3) is 11.3 Å². The number of amides is 1. The highest BCUT2D eigenvalue weighted by Crippen LogP contribution is 2.31. The van der Waals surface area contributed by atoms with E-state index in [2.05, 4.69) is 45.6 Å². The second-order valence-electron chi connectivity index (χ2n) is 7.01. The molecule has 1 saturated heterocycles. The Morgan fingerprint density at radius 1 is 1.15 bits per heavy atom. The Balaban J connectivity index is 1.59. The molecule has 0 atom stereocenters. The molecule has 0 bridgehead atoms. The third-order valence-electron chi connectivity index (χ3n) is 5.23. The first-order valence-electron chi connectivity index (χ1n) is 9.48. The SMILES string of the molecule is CCCCN1Cn2c(nc(C)c2-c2ccc(N3CCOCC3)cc2)C1=O. The summed E-state index contributed by atoms with van der Waals surface area (Å²) < 4.78 is 7.49. The molecule has 2 aliphatic rings. The molecule has 2 aromatic rings. The molecule has 0 radical (unpaired) electrons. The molecular formula is C20H26N4O2. The minimum Gasteiger partial charge on any atom is -0.378 e. The van der Waals surface area contributed by atoms with Gasteiger partial charge in [-0.15, -0.1) is 0 Å². The van der Waals surface area contributed by atoms with Crippen LogP contribution in [-0.4, -0.2) is 53.2 Å². The summed E-state index contributed by atoms with van der Waals surface area (Å²) >= 11 is 0. The molecule has 0 N–H and O–H groups in total. The molecule has 1 aromatic carbocycles. The first kappa shape index (κ1) is 17.1. The maximum absolute atomic E-state index is 12.6. The molecule has 138 valence electrons. The topological polar surface area (TPSA) is 50.6 Å². The number of carbonyl (C=O) groups is 1. The van der Waals surface area contributed by atoms with Crippen molar-refractivity contribution in [3.05, 3.63) is 35.8 Å². The van der Waals surface area contributed by atoms with Crippen LogP contribution in [0.1, 0.15) is 36.1 Å². The number of aromatic nitrogens is 2. The zero-order valence-electron chi connectivity index (χ0n) is 15.6. The van der Waals surface area contributed by atoms with Gasteiger partial charge in [0.25, 0.3) is 5.91 Å². The largest absolute Gasteiger partial charge is 0.378 e. The van der Waals surface area contributed by atoms with Crippen LogP contribution in [-0.2, 0) is 11.4 Å². The van der Waals surface area contributed by atoms with Crippen molar-refractivity contribution in [2.45, 2.75) is 33.4 Å². The van der Waals surface area contributed by atoms with Crippen LogP contribution < -0.4 is 4.90 Å². The number of nitrogens with zero attached hydrogens (tertiary/aromatic N) is 4. The highest BCUT2D eigenvalue weighted by atomic mass is 16.5. The normalized spacial score (nSPS) is 17.1. The summed E-state index contributed by atoms with van der Waals surface area (Å²) in [6, 6.07) is 8.60. The lowest BCUT2D eigenvalue weighted by atomic mass is 10.1. The molecule has 0 aliphatic carbocycles. The number of benzene rings is 1. The number of anilines is 1. The molecule has 0 saturated carbocycles. The van der Waals surface area contributed by atoms with Gasteiger partial charge in [-0.2, -0.15) is 0 Å². The summed E-state index contributed by atoms with van der Waals surface area (Å²) in [5.74, 6) is 0.628. The molecule has 26 heavy (non-hydrogen) atoms. The number of carbonyl (C=O) groups excluding carboxylic acids is 1. The van der Waals surface area contributed by atoms with E-state index in [-0.39, 0.29) is 5.91 Å². The van der Waals surface area contributed by atoms with Crippen molar-refractivity contribution >= 4 is 11.6 Å². The van der Waals surface area contributed by atoms with Crippen LogP contribution in [0.5, 0.6) is 0 Å². The minimum atomic E-state index is 0.0535.